The van der Waals surface area contributed by atoms with Gasteiger partial charge in [-0.2, -0.15) is 0 Å². The molecule has 0 fully saturated rings. The molecule has 2 rings (SSSR count). The first-order valence-corrected chi connectivity index (χ1v) is 8.29. The number of hydrogen-bond acceptors (Lipinski definition) is 8. The largest absolute Gasteiger partial charge is 0.476 e. The van der Waals surface area contributed by atoms with Crippen molar-refractivity contribution in [1.82, 2.24) is 4.98 Å². The molecule has 0 unspecified atom stereocenters. The minimum Gasteiger partial charge on any atom is -0.476 e. The van der Waals surface area contributed by atoms with Gasteiger partial charge in [0.15, 0.2) is 6.61 Å². The number of anilines is 1. The molecule has 1 amide bonds. The number of amides is 1. The third-order valence-electron chi connectivity index (χ3n) is 3.54. The summed E-state index contributed by atoms with van der Waals surface area (Å²) in [5.74, 6) is -1.69. The summed E-state index contributed by atoms with van der Waals surface area (Å²) < 4.78 is 9.96. The Morgan fingerprint density at radius 2 is 2.00 bits per heavy atom. The number of ether oxygens (including phenoxy) is 2. The van der Waals surface area contributed by atoms with Crippen LogP contribution in [-0.4, -0.2) is 35.5 Å². The third kappa shape index (κ3) is 4.14. The van der Waals surface area contributed by atoms with Crippen LogP contribution >= 0.6 is 11.3 Å². The van der Waals surface area contributed by atoms with E-state index in [4.69, 9.17) is 9.47 Å². The first-order chi connectivity index (χ1) is 12.2. The number of carbonyl (C=O) groups excluding carboxylic acids is 2. The van der Waals surface area contributed by atoms with Crippen molar-refractivity contribution in [1.29, 1.82) is 0 Å². The van der Waals surface area contributed by atoms with Gasteiger partial charge in [-0.1, -0.05) is 0 Å². The number of aromatic nitrogens is 1. The molecule has 1 N–H and O–H groups in total. The summed E-state index contributed by atoms with van der Waals surface area (Å²) in [5.41, 5.74) is 1.46. The number of rotatable bonds is 6. The number of hydrogen-bond donors (Lipinski definition) is 1. The molecule has 10 heteroatoms. The Labute approximate surface area is 153 Å². The zero-order valence-electron chi connectivity index (χ0n) is 14.6. The maximum atomic E-state index is 12.1. The number of thiophene rings is 1. The van der Waals surface area contributed by atoms with E-state index >= 15 is 0 Å². The van der Waals surface area contributed by atoms with E-state index in [9.17, 15) is 19.7 Å². The molecule has 0 bridgehead atoms. The van der Waals surface area contributed by atoms with E-state index in [1.165, 1.54) is 24.5 Å². The number of nitrogens with one attached hydrogen (secondary N) is 1. The molecule has 138 valence electrons. The number of esters is 1. The van der Waals surface area contributed by atoms with Crippen molar-refractivity contribution < 1.29 is 24.0 Å². The van der Waals surface area contributed by atoms with Gasteiger partial charge < -0.3 is 24.9 Å². The zero-order valence-corrected chi connectivity index (χ0v) is 15.4. The van der Waals surface area contributed by atoms with Gasteiger partial charge in [0.1, 0.15) is 10.7 Å². The fourth-order valence-corrected chi connectivity index (χ4v) is 3.21. The van der Waals surface area contributed by atoms with Gasteiger partial charge >= 0.3 is 11.8 Å². The van der Waals surface area contributed by atoms with Gasteiger partial charge in [-0.3, -0.25) is 4.79 Å². The van der Waals surface area contributed by atoms with Gasteiger partial charge in [0.05, 0.1) is 12.7 Å². The second-order valence-electron chi connectivity index (χ2n) is 5.35. The summed E-state index contributed by atoms with van der Waals surface area (Å²) in [6.07, 6.45) is 0. The topological polar surface area (TPSA) is 121 Å². The Morgan fingerprint density at radius 3 is 2.62 bits per heavy atom. The second kappa shape index (κ2) is 7.91. The van der Waals surface area contributed by atoms with Crippen LogP contribution in [0.3, 0.4) is 0 Å². The lowest BCUT2D eigenvalue weighted by atomic mass is 10.1. The smallest absolute Gasteiger partial charge is 0.406 e. The lowest BCUT2D eigenvalue weighted by molar-refractivity contribution is -0.390. The minimum absolute atomic E-state index is 0.109. The van der Waals surface area contributed by atoms with E-state index in [1.54, 1.807) is 19.9 Å². The van der Waals surface area contributed by atoms with Crippen LogP contribution in [-0.2, 0) is 9.53 Å². The van der Waals surface area contributed by atoms with Crippen LogP contribution in [0, 0.1) is 30.9 Å². The van der Waals surface area contributed by atoms with Gasteiger partial charge in [0.2, 0.25) is 5.75 Å². The van der Waals surface area contributed by atoms with Crippen molar-refractivity contribution in [2.24, 2.45) is 0 Å². The summed E-state index contributed by atoms with van der Waals surface area (Å²) in [5, 5.41) is 13.9. The molecule has 0 aliphatic carbocycles. The highest BCUT2D eigenvalue weighted by Gasteiger charge is 2.23. The van der Waals surface area contributed by atoms with Crippen molar-refractivity contribution in [3.8, 4) is 5.75 Å². The average Bonchev–Trinajstić information content (AvgIpc) is 2.86. The summed E-state index contributed by atoms with van der Waals surface area (Å²) in [4.78, 5) is 39.0. The highest BCUT2D eigenvalue weighted by molar-refractivity contribution is 7.16. The molecule has 0 aliphatic heterocycles. The van der Waals surface area contributed by atoms with E-state index in [-0.39, 0.29) is 11.3 Å². The van der Waals surface area contributed by atoms with Gasteiger partial charge in [-0.15, -0.1) is 11.3 Å². The number of nitrogens with zero attached hydrogens (tertiary/aromatic N) is 2. The Morgan fingerprint density at radius 1 is 1.31 bits per heavy atom. The Kier molecular flexibility index (Phi) is 5.88. The maximum absolute atomic E-state index is 12.1. The number of nitro groups is 1. The standard InChI is InChI=1S/C16H17N3O6S/c1-8-5-6-11(14(17-8)19(22)23)25-7-12(20)18-15-13(16(21)24-4)9(2)10(3)26-15/h5-6H,7H2,1-4H3,(H,18,20). The quantitative estimate of drug-likeness (QED) is 0.465. The van der Waals surface area contributed by atoms with Crippen molar-refractivity contribution >= 4 is 34.0 Å². The Balaban J connectivity index is 2.13. The number of carbonyl (C=O) groups is 2. The van der Waals surface area contributed by atoms with Crippen LogP contribution in [0.4, 0.5) is 10.8 Å². The van der Waals surface area contributed by atoms with Crippen molar-refractivity contribution in [2.75, 3.05) is 19.0 Å². The van der Waals surface area contributed by atoms with Crippen molar-refractivity contribution in [2.45, 2.75) is 20.8 Å². The van der Waals surface area contributed by atoms with Crippen LogP contribution in [0.15, 0.2) is 12.1 Å². The third-order valence-corrected chi connectivity index (χ3v) is 4.66. The van der Waals surface area contributed by atoms with E-state index in [2.05, 4.69) is 10.3 Å². The average molecular weight is 379 g/mol. The molecule has 0 saturated carbocycles. The molecule has 0 spiro atoms. The van der Waals surface area contributed by atoms with E-state index < -0.39 is 29.2 Å². The summed E-state index contributed by atoms with van der Waals surface area (Å²) >= 11 is 1.24. The Bertz CT molecular complexity index is 877. The fourth-order valence-electron chi connectivity index (χ4n) is 2.14. The van der Waals surface area contributed by atoms with Gasteiger partial charge in [-0.25, -0.2) is 4.79 Å². The zero-order chi connectivity index (χ0) is 19.4. The highest BCUT2D eigenvalue weighted by Crippen LogP contribution is 2.33. The fraction of sp³-hybridized carbons (Fsp3) is 0.312. The van der Waals surface area contributed by atoms with Crippen LogP contribution in [0.1, 0.15) is 26.5 Å². The first-order valence-electron chi connectivity index (χ1n) is 7.47. The van der Waals surface area contributed by atoms with Crippen LogP contribution in [0.2, 0.25) is 0 Å². The molecule has 26 heavy (non-hydrogen) atoms. The molecule has 2 aromatic heterocycles. The molecule has 0 aliphatic rings. The first kappa shape index (κ1) is 19.3. The monoisotopic (exact) mass is 379 g/mol. The molecule has 0 radical (unpaired) electrons. The normalized spacial score (nSPS) is 10.3. The molecule has 2 heterocycles. The minimum atomic E-state index is -0.679. The summed E-state index contributed by atoms with van der Waals surface area (Å²) in [7, 11) is 1.26. The molecule has 0 aromatic carbocycles. The second-order valence-corrected chi connectivity index (χ2v) is 6.57. The number of aryl methyl sites for hydroxylation is 2. The predicted octanol–water partition coefficient (Wildman–Crippen LogP) is 2.78. The van der Waals surface area contributed by atoms with Crippen molar-refractivity contribution in [3.63, 3.8) is 0 Å². The van der Waals surface area contributed by atoms with E-state index in [0.717, 1.165) is 10.4 Å². The Hall–Kier alpha value is -3.01. The molecule has 0 atom stereocenters. The molecule has 9 nitrogen and oxygen atoms in total. The van der Waals surface area contributed by atoms with Crippen LogP contribution in [0.5, 0.6) is 5.75 Å². The molecule has 2 aromatic rings. The highest BCUT2D eigenvalue weighted by atomic mass is 32.1. The predicted molar refractivity (Wildman–Crippen MR) is 94.9 cm³/mol. The van der Waals surface area contributed by atoms with Gasteiger partial charge in [0.25, 0.3) is 5.91 Å². The summed E-state index contributed by atoms with van der Waals surface area (Å²) in [6, 6.07) is 2.93. The van der Waals surface area contributed by atoms with Crippen molar-refractivity contribution in [3.05, 3.63) is 43.9 Å². The molecular formula is C16H17N3O6S. The molecular weight excluding hydrogens is 362 g/mol. The number of pyridine rings is 1. The van der Waals surface area contributed by atoms with E-state index in [0.29, 0.717) is 10.7 Å². The SMILES string of the molecule is COC(=O)c1c(NC(=O)COc2ccc(C)nc2[N+](=O)[O-])sc(C)c1C. The lowest BCUT2D eigenvalue weighted by Gasteiger charge is -2.08. The van der Waals surface area contributed by atoms with Crippen LogP contribution in [0.25, 0.3) is 0 Å². The molecule has 0 saturated heterocycles. The van der Waals surface area contributed by atoms with E-state index in [1.807, 2.05) is 6.92 Å². The maximum Gasteiger partial charge on any atom is 0.406 e. The summed E-state index contributed by atoms with van der Waals surface area (Å²) in [6.45, 7) is 4.72. The van der Waals surface area contributed by atoms with Gasteiger partial charge in [-0.05, 0) is 41.5 Å². The van der Waals surface area contributed by atoms with Gasteiger partial charge in [0, 0.05) is 11.8 Å². The lowest BCUT2D eigenvalue weighted by Crippen LogP contribution is -2.21. The van der Waals surface area contributed by atoms with Crippen LogP contribution < -0.4 is 10.1 Å². The number of methoxy groups -OCH3 is 1.